The molecule has 0 bridgehead atoms. The number of aromatic nitrogens is 1. The summed E-state index contributed by atoms with van der Waals surface area (Å²) in [6, 6.07) is 4.63. The molecular formula is C8H12N2O2. The van der Waals surface area contributed by atoms with Crippen LogP contribution >= 0.6 is 0 Å². The third kappa shape index (κ3) is 2.18. The lowest BCUT2D eigenvalue weighted by atomic mass is 10.2. The largest absolute Gasteiger partial charge is 0.383 e. The highest BCUT2D eigenvalue weighted by molar-refractivity contribution is 5.07. The number of nitrogens with one attached hydrogen (secondary N) is 1. The van der Waals surface area contributed by atoms with Gasteiger partial charge in [0.15, 0.2) is 0 Å². The maximum absolute atomic E-state index is 10.8. The Kier molecular flexibility index (Phi) is 3.01. The molecule has 0 aromatic carbocycles. The van der Waals surface area contributed by atoms with E-state index in [1.54, 1.807) is 19.2 Å². The molecule has 0 spiro atoms. The van der Waals surface area contributed by atoms with Gasteiger partial charge in [0, 0.05) is 18.9 Å². The number of ether oxygens (including phenoxy) is 1. The van der Waals surface area contributed by atoms with E-state index < -0.39 is 0 Å². The van der Waals surface area contributed by atoms with Crippen LogP contribution in [0.3, 0.4) is 0 Å². The van der Waals surface area contributed by atoms with Crippen LogP contribution in [0.1, 0.15) is 11.7 Å². The Morgan fingerprint density at radius 1 is 1.67 bits per heavy atom. The molecule has 1 aromatic heterocycles. The summed E-state index contributed by atoms with van der Waals surface area (Å²) in [5.74, 6) is 0. The van der Waals surface area contributed by atoms with Crippen molar-refractivity contribution in [2.45, 2.75) is 6.04 Å². The predicted octanol–water partition coefficient (Wildman–Crippen LogP) is 0.0211. The van der Waals surface area contributed by atoms with Crippen LogP contribution in [0, 0.1) is 0 Å². The minimum absolute atomic E-state index is 0.140. The minimum Gasteiger partial charge on any atom is -0.383 e. The van der Waals surface area contributed by atoms with E-state index >= 15 is 0 Å². The molecule has 0 saturated carbocycles. The molecule has 4 heteroatoms. The second-order valence-corrected chi connectivity index (χ2v) is 2.53. The smallest absolute Gasteiger partial charge is 0.248 e. The van der Waals surface area contributed by atoms with Gasteiger partial charge in [-0.15, -0.1) is 0 Å². The van der Waals surface area contributed by atoms with Gasteiger partial charge in [0.2, 0.25) is 5.56 Å². The number of pyridine rings is 1. The summed E-state index contributed by atoms with van der Waals surface area (Å²) in [5, 5.41) is 0. The second-order valence-electron chi connectivity index (χ2n) is 2.53. The Balaban J connectivity index is 2.80. The molecule has 0 aliphatic rings. The summed E-state index contributed by atoms with van der Waals surface area (Å²) in [5.41, 5.74) is 6.24. The van der Waals surface area contributed by atoms with Crippen molar-refractivity contribution in [1.82, 2.24) is 4.98 Å². The van der Waals surface area contributed by atoms with Crippen molar-refractivity contribution in [2.75, 3.05) is 13.7 Å². The quantitative estimate of drug-likeness (QED) is 0.668. The van der Waals surface area contributed by atoms with Crippen LogP contribution in [0.15, 0.2) is 23.0 Å². The first kappa shape index (κ1) is 8.96. The average molecular weight is 168 g/mol. The van der Waals surface area contributed by atoms with Crippen LogP contribution in [0.4, 0.5) is 0 Å². The maximum Gasteiger partial charge on any atom is 0.248 e. The molecule has 1 aromatic rings. The van der Waals surface area contributed by atoms with Gasteiger partial charge in [-0.3, -0.25) is 4.79 Å². The zero-order valence-electron chi connectivity index (χ0n) is 6.91. The molecular weight excluding hydrogens is 156 g/mol. The van der Waals surface area contributed by atoms with E-state index in [-0.39, 0.29) is 11.6 Å². The van der Waals surface area contributed by atoms with Crippen LogP contribution in [-0.4, -0.2) is 18.7 Å². The van der Waals surface area contributed by atoms with Crippen LogP contribution in [-0.2, 0) is 4.74 Å². The fraction of sp³-hybridized carbons (Fsp3) is 0.375. The zero-order valence-corrected chi connectivity index (χ0v) is 6.91. The van der Waals surface area contributed by atoms with Gasteiger partial charge >= 0.3 is 0 Å². The molecule has 3 N–H and O–H groups in total. The second kappa shape index (κ2) is 4.04. The predicted molar refractivity (Wildman–Crippen MR) is 45.9 cm³/mol. The van der Waals surface area contributed by atoms with E-state index in [1.165, 1.54) is 6.07 Å². The number of methoxy groups -OCH3 is 1. The Bertz CT molecular complexity index is 295. The lowest BCUT2D eigenvalue weighted by Gasteiger charge is -2.09. The van der Waals surface area contributed by atoms with Crippen molar-refractivity contribution in [3.63, 3.8) is 0 Å². The minimum atomic E-state index is -0.260. The van der Waals surface area contributed by atoms with Gasteiger partial charge in [-0.2, -0.15) is 0 Å². The lowest BCUT2D eigenvalue weighted by Crippen LogP contribution is -2.20. The molecule has 12 heavy (non-hydrogen) atoms. The molecule has 1 atom stereocenters. The van der Waals surface area contributed by atoms with Crippen molar-refractivity contribution < 1.29 is 4.74 Å². The first-order chi connectivity index (χ1) is 5.74. The summed E-state index contributed by atoms with van der Waals surface area (Å²) in [7, 11) is 1.57. The molecule has 66 valence electrons. The van der Waals surface area contributed by atoms with E-state index in [1.807, 2.05) is 0 Å². The molecule has 0 radical (unpaired) electrons. The molecule has 1 rings (SSSR count). The van der Waals surface area contributed by atoms with Crippen LogP contribution in [0.2, 0.25) is 0 Å². The summed E-state index contributed by atoms with van der Waals surface area (Å²) < 4.78 is 4.85. The van der Waals surface area contributed by atoms with Gasteiger partial charge in [-0.1, -0.05) is 6.07 Å². The van der Waals surface area contributed by atoms with Gasteiger partial charge in [0.25, 0.3) is 0 Å². The van der Waals surface area contributed by atoms with Gasteiger partial charge in [0.05, 0.1) is 12.6 Å². The maximum atomic E-state index is 10.8. The number of hydrogen-bond acceptors (Lipinski definition) is 3. The van der Waals surface area contributed by atoms with Crippen molar-refractivity contribution in [1.29, 1.82) is 0 Å². The fourth-order valence-corrected chi connectivity index (χ4v) is 0.950. The van der Waals surface area contributed by atoms with Crippen LogP contribution < -0.4 is 11.3 Å². The third-order valence-corrected chi connectivity index (χ3v) is 1.54. The Labute approximate surface area is 70.4 Å². The highest BCUT2D eigenvalue weighted by atomic mass is 16.5. The first-order valence-electron chi connectivity index (χ1n) is 3.68. The molecule has 0 unspecified atom stereocenters. The molecule has 0 amide bonds. The molecule has 4 nitrogen and oxygen atoms in total. The molecule has 0 saturated heterocycles. The standard InChI is InChI=1S/C8H12N2O2/c1-12-5-6(9)7-3-2-4-8(11)10-7/h2-4,6H,5,9H2,1H3,(H,10,11)/t6-/m0/s1. The summed E-state index contributed by atoms with van der Waals surface area (Å²) in [6.45, 7) is 0.403. The van der Waals surface area contributed by atoms with Gasteiger partial charge in [-0.25, -0.2) is 0 Å². The molecule has 1 heterocycles. The Hall–Kier alpha value is -1.13. The number of H-pyrrole nitrogens is 1. The topological polar surface area (TPSA) is 68.1 Å². The monoisotopic (exact) mass is 168 g/mol. The van der Waals surface area contributed by atoms with Crippen LogP contribution in [0.5, 0.6) is 0 Å². The van der Waals surface area contributed by atoms with E-state index in [2.05, 4.69) is 4.98 Å². The van der Waals surface area contributed by atoms with Crippen molar-refractivity contribution in [2.24, 2.45) is 5.73 Å². The fourth-order valence-electron chi connectivity index (χ4n) is 0.950. The highest BCUT2D eigenvalue weighted by Crippen LogP contribution is 2.03. The van der Waals surface area contributed by atoms with Gasteiger partial charge in [0.1, 0.15) is 0 Å². The summed E-state index contributed by atoms with van der Waals surface area (Å²) in [6.07, 6.45) is 0. The summed E-state index contributed by atoms with van der Waals surface area (Å²) in [4.78, 5) is 13.5. The third-order valence-electron chi connectivity index (χ3n) is 1.54. The van der Waals surface area contributed by atoms with Crippen molar-refractivity contribution in [3.05, 3.63) is 34.2 Å². The van der Waals surface area contributed by atoms with Gasteiger partial charge in [-0.05, 0) is 6.07 Å². The highest BCUT2D eigenvalue weighted by Gasteiger charge is 2.04. The van der Waals surface area contributed by atoms with E-state index in [9.17, 15) is 4.79 Å². The van der Waals surface area contributed by atoms with E-state index in [0.29, 0.717) is 12.3 Å². The average Bonchev–Trinajstić information content (AvgIpc) is 2.05. The Morgan fingerprint density at radius 3 is 3.00 bits per heavy atom. The zero-order chi connectivity index (χ0) is 8.97. The number of nitrogens with two attached hydrogens (primary N) is 1. The molecule has 0 fully saturated rings. The van der Waals surface area contributed by atoms with Crippen molar-refractivity contribution in [3.8, 4) is 0 Å². The van der Waals surface area contributed by atoms with E-state index in [0.717, 1.165) is 0 Å². The molecule has 0 aliphatic carbocycles. The Morgan fingerprint density at radius 2 is 2.42 bits per heavy atom. The summed E-state index contributed by atoms with van der Waals surface area (Å²) >= 11 is 0. The van der Waals surface area contributed by atoms with Crippen molar-refractivity contribution >= 4 is 0 Å². The normalized spacial score (nSPS) is 12.8. The number of aromatic amines is 1. The first-order valence-corrected chi connectivity index (χ1v) is 3.68. The number of hydrogen-bond donors (Lipinski definition) is 2. The number of rotatable bonds is 3. The van der Waals surface area contributed by atoms with Crippen LogP contribution in [0.25, 0.3) is 0 Å². The SMILES string of the molecule is COC[C@H](N)c1cccc(=O)[nH]1. The van der Waals surface area contributed by atoms with E-state index in [4.69, 9.17) is 10.5 Å². The lowest BCUT2D eigenvalue weighted by molar-refractivity contribution is 0.179. The van der Waals surface area contributed by atoms with Gasteiger partial charge < -0.3 is 15.5 Å². The molecule has 0 aliphatic heterocycles.